The van der Waals surface area contributed by atoms with Gasteiger partial charge in [-0.3, -0.25) is 4.99 Å². The number of aliphatic imine (C=N–C) groups is 1. The first-order valence-electron chi connectivity index (χ1n) is 7.92. The van der Waals surface area contributed by atoms with Crippen LogP contribution in [0.3, 0.4) is 0 Å². The van der Waals surface area contributed by atoms with Crippen LogP contribution in [0.1, 0.15) is 24.8 Å². The summed E-state index contributed by atoms with van der Waals surface area (Å²) in [7, 11) is 4.04. The summed E-state index contributed by atoms with van der Waals surface area (Å²) in [4.78, 5) is 6.77. The Balaban J connectivity index is 0.00000288. The van der Waals surface area contributed by atoms with Gasteiger partial charge in [-0.2, -0.15) is 0 Å². The molecule has 5 nitrogen and oxygen atoms in total. The average molecular weight is 465 g/mol. The van der Waals surface area contributed by atoms with E-state index in [4.69, 9.17) is 16.0 Å². The molecule has 0 aliphatic heterocycles. The van der Waals surface area contributed by atoms with E-state index in [-0.39, 0.29) is 24.0 Å². The minimum absolute atomic E-state index is 0. The van der Waals surface area contributed by atoms with Gasteiger partial charge in [0.05, 0.1) is 17.8 Å². The number of nitrogens with zero attached hydrogens (tertiary/aromatic N) is 3. The normalized spacial score (nSPS) is 11.2. The van der Waals surface area contributed by atoms with Crippen molar-refractivity contribution in [2.75, 3.05) is 20.1 Å². The van der Waals surface area contributed by atoms with Crippen molar-refractivity contribution in [2.24, 2.45) is 12.0 Å². The molecule has 0 unspecified atom stereocenters. The third-order valence-electron chi connectivity index (χ3n) is 3.56. The lowest BCUT2D eigenvalue weighted by atomic mass is 10.3. The molecule has 0 saturated carbocycles. The van der Waals surface area contributed by atoms with Crippen LogP contribution < -0.4 is 5.32 Å². The number of hydrogen-bond acceptors (Lipinski definition) is 2. The van der Waals surface area contributed by atoms with Crippen LogP contribution in [0.2, 0.25) is 5.02 Å². The lowest BCUT2D eigenvalue weighted by Gasteiger charge is -2.22. The maximum Gasteiger partial charge on any atom is 0.194 e. The molecule has 24 heavy (non-hydrogen) atoms. The minimum atomic E-state index is 0. The Bertz CT molecular complexity index is 625. The second-order valence-electron chi connectivity index (χ2n) is 5.58. The number of nitrogens with one attached hydrogen (secondary N) is 1. The molecule has 0 amide bonds. The van der Waals surface area contributed by atoms with Crippen molar-refractivity contribution in [1.82, 2.24) is 14.8 Å². The first kappa shape index (κ1) is 20.9. The van der Waals surface area contributed by atoms with Crippen LogP contribution in [0.4, 0.5) is 0 Å². The first-order valence-corrected chi connectivity index (χ1v) is 8.30. The zero-order valence-corrected chi connectivity index (χ0v) is 17.5. The molecule has 0 spiro atoms. The predicted octanol–water partition coefficient (Wildman–Crippen LogP) is 3.92. The fraction of sp³-hybridized carbons (Fsp3) is 0.471. The van der Waals surface area contributed by atoms with Gasteiger partial charge >= 0.3 is 0 Å². The average Bonchev–Trinajstić information content (AvgIpc) is 3.12. The number of rotatable bonds is 7. The Kier molecular flexibility index (Phi) is 9.28. The number of aryl methyl sites for hydroxylation is 1. The van der Waals surface area contributed by atoms with Crippen LogP contribution >= 0.6 is 35.6 Å². The second-order valence-corrected chi connectivity index (χ2v) is 6.01. The van der Waals surface area contributed by atoms with Crippen LogP contribution in [-0.2, 0) is 20.0 Å². The SMILES string of the molecule is CCCN=C(NCCc1ccco1)N(C)Cc1cc(Cl)cn1C.I. The molecule has 0 fully saturated rings. The highest BCUT2D eigenvalue weighted by atomic mass is 127. The van der Waals surface area contributed by atoms with Gasteiger partial charge in [0.15, 0.2) is 5.96 Å². The van der Waals surface area contributed by atoms with Crippen molar-refractivity contribution in [3.8, 4) is 0 Å². The maximum absolute atomic E-state index is 6.06. The number of guanidine groups is 1. The number of halogens is 2. The van der Waals surface area contributed by atoms with E-state index in [0.717, 1.165) is 54.9 Å². The van der Waals surface area contributed by atoms with Crippen molar-refractivity contribution < 1.29 is 4.42 Å². The summed E-state index contributed by atoms with van der Waals surface area (Å²) in [6.45, 7) is 4.47. The Morgan fingerprint density at radius 3 is 2.83 bits per heavy atom. The van der Waals surface area contributed by atoms with Crippen molar-refractivity contribution in [1.29, 1.82) is 0 Å². The summed E-state index contributed by atoms with van der Waals surface area (Å²) in [5, 5.41) is 4.17. The summed E-state index contributed by atoms with van der Waals surface area (Å²) >= 11 is 6.06. The molecule has 0 aliphatic carbocycles. The van der Waals surface area contributed by atoms with E-state index in [0.29, 0.717) is 0 Å². The third-order valence-corrected chi connectivity index (χ3v) is 3.76. The lowest BCUT2D eigenvalue weighted by Crippen LogP contribution is -2.40. The fourth-order valence-electron chi connectivity index (χ4n) is 2.32. The van der Waals surface area contributed by atoms with E-state index in [9.17, 15) is 0 Å². The number of hydrogen-bond donors (Lipinski definition) is 1. The minimum Gasteiger partial charge on any atom is -0.469 e. The smallest absolute Gasteiger partial charge is 0.194 e. The second kappa shape index (κ2) is 10.7. The van der Waals surface area contributed by atoms with Crippen LogP contribution in [0.5, 0.6) is 0 Å². The van der Waals surface area contributed by atoms with Crippen molar-refractivity contribution in [3.63, 3.8) is 0 Å². The Morgan fingerprint density at radius 2 is 2.25 bits per heavy atom. The van der Waals surface area contributed by atoms with E-state index in [1.165, 1.54) is 0 Å². The lowest BCUT2D eigenvalue weighted by molar-refractivity contribution is 0.456. The van der Waals surface area contributed by atoms with Gasteiger partial charge in [-0.05, 0) is 24.6 Å². The molecule has 2 rings (SSSR count). The first-order chi connectivity index (χ1) is 11.1. The summed E-state index contributed by atoms with van der Waals surface area (Å²) in [5.74, 6) is 1.87. The molecule has 0 atom stereocenters. The van der Waals surface area contributed by atoms with Gasteiger partial charge in [-0.15, -0.1) is 24.0 Å². The fourth-order valence-corrected chi connectivity index (χ4v) is 2.60. The largest absolute Gasteiger partial charge is 0.469 e. The van der Waals surface area contributed by atoms with Gasteiger partial charge in [-0.1, -0.05) is 18.5 Å². The third kappa shape index (κ3) is 6.39. The van der Waals surface area contributed by atoms with Crippen molar-refractivity contribution >= 4 is 41.5 Å². The van der Waals surface area contributed by atoms with Gasteiger partial charge in [0.25, 0.3) is 0 Å². The standard InChI is InChI=1S/C17H25ClN4O.HI/c1-4-8-19-17(20-9-7-16-6-5-10-23-16)22(3)13-15-11-14(18)12-21(15)2;/h5-6,10-12H,4,7-9,13H2,1-3H3,(H,19,20);1H. The molecule has 2 aromatic rings. The molecule has 2 aromatic heterocycles. The van der Waals surface area contributed by atoms with Gasteiger partial charge in [0, 0.05) is 45.5 Å². The molecule has 0 bridgehead atoms. The van der Waals surface area contributed by atoms with Crippen LogP contribution in [-0.4, -0.2) is 35.6 Å². The van der Waals surface area contributed by atoms with Crippen molar-refractivity contribution in [3.05, 3.63) is 47.1 Å². The number of aromatic nitrogens is 1. The molecule has 0 aliphatic rings. The quantitative estimate of drug-likeness (QED) is 0.384. The summed E-state index contributed by atoms with van der Waals surface area (Å²) in [6, 6.07) is 5.88. The molecule has 0 saturated heterocycles. The Morgan fingerprint density at radius 1 is 1.46 bits per heavy atom. The van der Waals surface area contributed by atoms with Gasteiger partial charge < -0.3 is 19.2 Å². The zero-order valence-electron chi connectivity index (χ0n) is 14.5. The molecule has 134 valence electrons. The zero-order chi connectivity index (χ0) is 16.7. The van der Waals surface area contributed by atoms with Crippen LogP contribution in [0.15, 0.2) is 40.1 Å². The molecule has 1 N–H and O–H groups in total. The van der Waals surface area contributed by atoms with E-state index >= 15 is 0 Å². The monoisotopic (exact) mass is 464 g/mol. The highest BCUT2D eigenvalue weighted by Gasteiger charge is 2.10. The number of furan rings is 1. The summed E-state index contributed by atoms with van der Waals surface area (Å²) in [6.07, 6.45) is 5.47. The van der Waals surface area contributed by atoms with Crippen molar-refractivity contribution in [2.45, 2.75) is 26.3 Å². The summed E-state index contributed by atoms with van der Waals surface area (Å²) < 4.78 is 7.40. The maximum atomic E-state index is 6.06. The highest BCUT2D eigenvalue weighted by molar-refractivity contribution is 14.0. The molecule has 7 heteroatoms. The van der Waals surface area contributed by atoms with E-state index < -0.39 is 0 Å². The Hall–Kier alpha value is -1.15. The van der Waals surface area contributed by atoms with E-state index in [2.05, 4.69) is 22.1 Å². The van der Waals surface area contributed by atoms with Gasteiger partial charge in [0.1, 0.15) is 5.76 Å². The molecule has 0 radical (unpaired) electrons. The highest BCUT2D eigenvalue weighted by Crippen LogP contribution is 2.14. The van der Waals surface area contributed by atoms with Gasteiger partial charge in [-0.25, -0.2) is 0 Å². The molecular weight excluding hydrogens is 439 g/mol. The van der Waals surface area contributed by atoms with E-state index in [1.54, 1.807) is 6.26 Å². The van der Waals surface area contributed by atoms with Crippen LogP contribution in [0, 0.1) is 0 Å². The summed E-state index contributed by atoms with van der Waals surface area (Å²) in [5.41, 5.74) is 1.15. The van der Waals surface area contributed by atoms with Gasteiger partial charge in [0.2, 0.25) is 0 Å². The predicted molar refractivity (Wildman–Crippen MR) is 110 cm³/mol. The Labute approximate surface area is 166 Å². The topological polar surface area (TPSA) is 45.7 Å². The molecule has 0 aromatic carbocycles. The molecular formula is C17H26ClIN4O. The van der Waals surface area contributed by atoms with E-state index in [1.807, 2.05) is 43.1 Å². The van der Waals surface area contributed by atoms with Crippen LogP contribution in [0.25, 0.3) is 0 Å². The molecule has 2 heterocycles.